The molecule has 0 atom stereocenters. The van der Waals surface area contributed by atoms with Crippen molar-refractivity contribution in [1.29, 1.82) is 0 Å². The molecular formula is C15H15FN2OS. The SMILES string of the molecule is Nc1ccc(SCCC(=O)Nc2ccccc2)c(F)c1. The molecule has 0 spiro atoms. The Morgan fingerprint density at radius 1 is 1.20 bits per heavy atom. The number of amides is 1. The third kappa shape index (κ3) is 4.28. The van der Waals surface area contributed by atoms with Gasteiger partial charge < -0.3 is 11.1 Å². The van der Waals surface area contributed by atoms with E-state index in [4.69, 9.17) is 5.73 Å². The molecule has 2 aromatic carbocycles. The third-order valence-corrected chi connectivity index (χ3v) is 3.65. The van der Waals surface area contributed by atoms with Crippen LogP contribution in [0.4, 0.5) is 15.8 Å². The van der Waals surface area contributed by atoms with Gasteiger partial charge in [-0.25, -0.2) is 4.39 Å². The van der Waals surface area contributed by atoms with Crippen molar-refractivity contribution < 1.29 is 9.18 Å². The zero-order valence-corrected chi connectivity index (χ0v) is 11.6. The van der Waals surface area contributed by atoms with Crippen LogP contribution < -0.4 is 11.1 Å². The number of anilines is 2. The van der Waals surface area contributed by atoms with E-state index < -0.39 is 0 Å². The third-order valence-electron chi connectivity index (χ3n) is 2.60. The molecule has 0 heterocycles. The molecule has 0 aliphatic heterocycles. The van der Waals surface area contributed by atoms with Crippen molar-refractivity contribution in [3.63, 3.8) is 0 Å². The first-order chi connectivity index (χ1) is 9.65. The molecule has 1 amide bonds. The van der Waals surface area contributed by atoms with Gasteiger partial charge in [0.1, 0.15) is 5.82 Å². The highest BCUT2D eigenvalue weighted by molar-refractivity contribution is 7.99. The summed E-state index contributed by atoms with van der Waals surface area (Å²) in [5, 5.41) is 2.79. The Kier molecular flexibility index (Phi) is 5.01. The largest absolute Gasteiger partial charge is 0.399 e. The lowest BCUT2D eigenvalue weighted by Gasteiger charge is -2.06. The van der Waals surface area contributed by atoms with E-state index in [0.717, 1.165) is 5.69 Å². The summed E-state index contributed by atoms with van der Waals surface area (Å²) in [5.41, 5.74) is 6.64. The Hall–Kier alpha value is -2.01. The molecule has 0 bridgehead atoms. The van der Waals surface area contributed by atoms with E-state index in [9.17, 15) is 9.18 Å². The highest BCUT2D eigenvalue weighted by Gasteiger charge is 2.06. The monoisotopic (exact) mass is 290 g/mol. The summed E-state index contributed by atoms with van der Waals surface area (Å²) in [6, 6.07) is 13.8. The number of benzene rings is 2. The second-order valence-electron chi connectivity index (χ2n) is 4.20. The predicted octanol–water partition coefficient (Wildman–Crippen LogP) is 3.53. The number of hydrogen-bond acceptors (Lipinski definition) is 3. The lowest BCUT2D eigenvalue weighted by Crippen LogP contribution is -2.11. The smallest absolute Gasteiger partial charge is 0.225 e. The Morgan fingerprint density at radius 3 is 2.65 bits per heavy atom. The molecule has 104 valence electrons. The van der Waals surface area contributed by atoms with Crippen molar-refractivity contribution in [2.45, 2.75) is 11.3 Å². The van der Waals surface area contributed by atoms with Crippen LogP contribution in [0.5, 0.6) is 0 Å². The molecule has 0 fully saturated rings. The number of nitrogens with two attached hydrogens (primary N) is 1. The first-order valence-corrected chi connectivity index (χ1v) is 7.16. The summed E-state index contributed by atoms with van der Waals surface area (Å²) in [4.78, 5) is 12.2. The second-order valence-corrected chi connectivity index (χ2v) is 5.34. The van der Waals surface area contributed by atoms with Gasteiger partial charge in [0.25, 0.3) is 0 Å². The molecule has 2 rings (SSSR count). The fraction of sp³-hybridized carbons (Fsp3) is 0.133. The fourth-order valence-corrected chi connectivity index (χ4v) is 2.50. The Bertz CT molecular complexity index is 590. The summed E-state index contributed by atoms with van der Waals surface area (Å²) in [5.74, 6) is 0.0810. The predicted molar refractivity (Wildman–Crippen MR) is 81.2 cm³/mol. The van der Waals surface area contributed by atoms with Gasteiger partial charge in [0, 0.05) is 28.4 Å². The minimum Gasteiger partial charge on any atom is -0.399 e. The van der Waals surface area contributed by atoms with Gasteiger partial charge in [-0.05, 0) is 30.3 Å². The summed E-state index contributed by atoms with van der Waals surface area (Å²) < 4.78 is 13.5. The molecule has 0 unspecified atom stereocenters. The molecule has 5 heteroatoms. The number of para-hydroxylation sites is 1. The van der Waals surface area contributed by atoms with E-state index in [1.807, 2.05) is 30.3 Å². The molecule has 0 saturated carbocycles. The van der Waals surface area contributed by atoms with E-state index in [1.54, 1.807) is 12.1 Å². The van der Waals surface area contributed by atoms with Crippen molar-refractivity contribution >= 4 is 29.0 Å². The number of hydrogen-bond donors (Lipinski definition) is 2. The molecular weight excluding hydrogens is 275 g/mol. The maximum atomic E-state index is 13.5. The molecule has 0 aliphatic rings. The maximum absolute atomic E-state index is 13.5. The zero-order valence-electron chi connectivity index (χ0n) is 10.8. The van der Waals surface area contributed by atoms with Gasteiger partial charge in [-0.2, -0.15) is 0 Å². The van der Waals surface area contributed by atoms with Crippen molar-refractivity contribution in [2.24, 2.45) is 0 Å². The lowest BCUT2D eigenvalue weighted by atomic mass is 10.3. The van der Waals surface area contributed by atoms with E-state index in [1.165, 1.54) is 17.8 Å². The number of halogens is 1. The highest BCUT2D eigenvalue weighted by Crippen LogP contribution is 2.24. The number of nitrogen functional groups attached to an aromatic ring is 1. The maximum Gasteiger partial charge on any atom is 0.225 e. The van der Waals surface area contributed by atoms with E-state index in [-0.39, 0.29) is 11.7 Å². The fourth-order valence-electron chi connectivity index (χ4n) is 1.63. The summed E-state index contributed by atoms with van der Waals surface area (Å²) in [6.07, 6.45) is 0.323. The van der Waals surface area contributed by atoms with Gasteiger partial charge in [-0.15, -0.1) is 11.8 Å². The van der Waals surface area contributed by atoms with Crippen LogP contribution in [0.2, 0.25) is 0 Å². The molecule has 0 aromatic heterocycles. The van der Waals surface area contributed by atoms with Gasteiger partial charge in [0.05, 0.1) is 0 Å². The summed E-state index contributed by atoms with van der Waals surface area (Å²) in [7, 11) is 0. The first-order valence-electron chi connectivity index (χ1n) is 6.18. The van der Waals surface area contributed by atoms with E-state index in [2.05, 4.69) is 5.32 Å². The van der Waals surface area contributed by atoms with E-state index >= 15 is 0 Å². The lowest BCUT2D eigenvalue weighted by molar-refractivity contribution is -0.115. The normalized spacial score (nSPS) is 10.2. The number of rotatable bonds is 5. The first kappa shape index (κ1) is 14.4. The van der Waals surface area contributed by atoms with Gasteiger partial charge >= 0.3 is 0 Å². The average molecular weight is 290 g/mol. The van der Waals surface area contributed by atoms with Crippen LogP contribution in [-0.2, 0) is 4.79 Å². The zero-order chi connectivity index (χ0) is 14.4. The highest BCUT2D eigenvalue weighted by atomic mass is 32.2. The van der Waals surface area contributed by atoms with Crippen LogP contribution in [0.1, 0.15) is 6.42 Å². The van der Waals surface area contributed by atoms with Crippen molar-refractivity contribution in [1.82, 2.24) is 0 Å². The quantitative estimate of drug-likeness (QED) is 0.654. The van der Waals surface area contributed by atoms with Gasteiger partial charge in [0.15, 0.2) is 0 Å². The van der Waals surface area contributed by atoms with Crippen LogP contribution in [0.25, 0.3) is 0 Å². The van der Waals surface area contributed by atoms with Crippen LogP contribution >= 0.6 is 11.8 Å². The second kappa shape index (κ2) is 6.96. The average Bonchev–Trinajstić information content (AvgIpc) is 2.42. The van der Waals surface area contributed by atoms with Crippen LogP contribution in [0.3, 0.4) is 0 Å². The Balaban J connectivity index is 1.79. The Labute approximate surface area is 121 Å². The number of carbonyl (C=O) groups is 1. The number of thioether (sulfide) groups is 1. The number of nitrogens with one attached hydrogen (secondary N) is 1. The van der Waals surface area contributed by atoms with Crippen LogP contribution in [0, 0.1) is 5.82 Å². The van der Waals surface area contributed by atoms with Crippen LogP contribution in [0.15, 0.2) is 53.4 Å². The molecule has 2 aromatic rings. The standard InChI is InChI=1S/C15H15FN2OS/c16-13-10-11(17)6-7-14(13)20-9-8-15(19)18-12-4-2-1-3-5-12/h1-7,10H,8-9,17H2,(H,18,19). The van der Waals surface area contributed by atoms with Crippen molar-refractivity contribution in [2.75, 3.05) is 16.8 Å². The summed E-state index contributed by atoms with van der Waals surface area (Å²) in [6.45, 7) is 0. The van der Waals surface area contributed by atoms with Gasteiger partial charge in [-0.1, -0.05) is 18.2 Å². The number of carbonyl (C=O) groups excluding carboxylic acids is 1. The summed E-state index contributed by atoms with van der Waals surface area (Å²) >= 11 is 1.30. The molecule has 0 saturated heterocycles. The molecule has 0 radical (unpaired) electrons. The molecule has 0 aliphatic carbocycles. The van der Waals surface area contributed by atoms with Crippen molar-refractivity contribution in [3.05, 3.63) is 54.3 Å². The Morgan fingerprint density at radius 2 is 1.95 bits per heavy atom. The molecule has 20 heavy (non-hydrogen) atoms. The van der Waals surface area contributed by atoms with E-state index in [0.29, 0.717) is 22.8 Å². The van der Waals surface area contributed by atoms with Gasteiger partial charge in [-0.3, -0.25) is 4.79 Å². The minimum absolute atomic E-state index is 0.0837. The molecule has 3 N–H and O–H groups in total. The topological polar surface area (TPSA) is 55.1 Å². The minimum atomic E-state index is -0.349. The van der Waals surface area contributed by atoms with Crippen molar-refractivity contribution in [3.8, 4) is 0 Å². The molecule has 3 nitrogen and oxygen atoms in total. The van der Waals surface area contributed by atoms with Crippen LogP contribution in [-0.4, -0.2) is 11.7 Å². The van der Waals surface area contributed by atoms with Gasteiger partial charge in [0.2, 0.25) is 5.91 Å².